The van der Waals surface area contributed by atoms with E-state index in [1.165, 1.54) is 40.8 Å². The van der Waals surface area contributed by atoms with Crippen LogP contribution in [0.5, 0.6) is 0 Å². The van der Waals surface area contributed by atoms with Gasteiger partial charge in [-0.15, -0.1) is 0 Å². The fourth-order valence-corrected chi connectivity index (χ4v) is 4.27. The smallest absolute Gasteiger partial charge is 0.223 e. The number of hydrogen-bond acceptors (Lipinski definition) is 5. The third-order valence-electron chi connectivity index (χ3n) is 6.43. The molecule has 1 aliphatic rings. The summed E-state index contributed by atoms with van der Waals surface area (Å²) in [7, 11) is 2.03. The normalized spacial score (nSPS) is 13.8. The van der Waals surface area contributed by atoms with E-state index in [0.717, 1.165) is 24.3 Å². The highest BCUT2D eigenvalue weighted by atomic mass is 16.5. The van der Waals surface area contributed by atoms with E-state index in [1.807, 2.05) is 23.9 Å². The number of rotatable bonds is 7. The molecule has 2 heterocycles. The molecule has 2 aromatic carbocycles. The molecule has 0 radical (unpaired) electrons. The molecular weight excluding hydrogens is 398 g/mol. The maximum absolute atomic E-state index is 5.08. The van der Waals surface area contributed by atoms with Gasteiger partial charge in [0.2, 0.25) is 11.7 Å². The third kappa shape index (κ3) is 4.23. The maximum atomic E-state index is 5.08. The fourth-order valence-electron chi connectivity index (χ4n) is 4.27. The lowest BCUT2D eigenvalue weighted by Crippen LogP contribution is -2.25. The minimum Gasteiger partial charge on any atom is -0.339 e. The van der Waals surface area contributed by atoms with E-state index in [0.29, 0.717) is 17.8 Å². The topological polar surface area (TPSA) is 60.0 Å². The molecule has 0 aliphatic heterocycles. The van der Waals surface area contributed by atoms with Gasteiger partial charge in [0.15, 0.2) is 0 Å². The molecule has 0 N–H and O–H groups in total. The second-order valence-corrected chi connectivity index (χ2v) is 8.82. The van der Waals surface area contributed by atoms with Crippen molar-refractivity contribution in [1.29, 1.82) is 0 Å². The molecule has 1 saturated carbocycles. The predicted molar refractivity (Wildman–Crippen MR) is 125 cm³/mol. The molecule has 2 aromatic heterocycles. The van der Waals surface area contributed by atoms with Crippen molar-refractivity contribution in [3.05, 3.63) is 76.9 Å². The maximum Gasteiger partial charge on any atom is 0.223 e. The van der Waals surface area contributed by atoms with Crippen LogP contribution in [0.3, 0.4) is 0 Å². The van der Waals surface area contributed by atoms with Gasteiger partial charge in [0.05, 0.1) is 5.69 Å². The molecule has 0 amide bonds. The molecule has 32 heavy (non-hydrogen) atoms. The Balaban J connectivity index is 1.29. The van der Waals surface area contributed by atoms with Crippen LogP contribution in [-0.2, 0) is 20.1 Å². The van der Waals surface area contributed by atoms with Crippen LogP contribution in [0, 0.1) is 20.8 Å². The first-order chi connectivity index (χ1) is 15.5. The Labute approximate surface area is 188 Å². The predicted octanol–water partition coefficient (Wildman–Crippen LogP) is 5.23. The van der Waals surface area contributed by atoms with Crippen molar-refractivity contribution in [2.45, 2.75) is 52.7 Å². The molecule has 0 atom stereocenters. The fraction of sp³-hybridized carbons (Fsp3) is 0.346. The quantitative estimate of drug-likeness (QED) is 0.404. The van der Waals surface area contributed by atoms with Crippen LogP contribution in [0.15, 0.2) is 53.1 Å². The first-order valence-electron chi connectivity index (χ1n) is 11.2. The molecular formula is C26H29N5O. The van der Waals surface area contributed by atoms with Gasteiger partial charge in [0.1, 0.15) is 0 Å². The van der Waals surface area contributed by atoms with Crippen molar-refractivity contribution in [3.63, 3.8) is 0 Å². The van der Waals surface area contributed by atoms with Gasteiger partial charge in [-0.05, 0) is 43.4 Å². The lowest BCUT2D eigenvalue weighted by Gasteiger charge is -2.22. The van der Waals surface area contributed by atoms with Gasteiger partial charge in [-0.1, -0.05) is 53.7 Å². The van der Waals surface area contributed by atoms with Crippen LogP contribution in [-0.4, -0.2) is 30.9 Å². The van der Waals surface area contributed by atoms with Crippen molar-refractivity contribution < 1.29 is 4.52 Å². The largest absolute Gasteiger partial charge is 0.339 e. The van der Waals surface area contributed by atoms with Crippen LogP contribution in [0.4, 0.5) is 0 Å². The highest BCUT2D eigenvalue weighted by molar-refractivity contribution is 5.67. The first-order valence-corrected chi connectivity index (χ1v) is 11.2. The van der Waals surface area contributed by atoms with Crippen LogP contribution in [0.1, 0.15) is 41.2 Å². The Morgan fingerprint density at radius 3 is 2.06 bits per heavy atom. The molecule has 0 saturated heterocycles. The molecule has 0 spiro atoms. The van der Waals surface area contributed by atoms with Gasteiger partial charge in [-0.3, -0.25) is 9.58 Å². The van der Waals surface area contributed by atoms with Gasteiger partial charge in [0.25, 0.3) is 0 Å². The van der Waals surface area contributed by atoms with Gasteiger partial charge in [-0.2, -0.15) is 10.1 Å². The summed E-state index contributed by atoms with van der Waals surface area (Å²) in [6.07, 6.45) is 2.59. The van der Waals surface area contributed by atoms with E-state index in [1.54, 1.807) is 6.92 Å². The van der Waals surface area contributed by atoms with Crippen molar-refractivity contribution in [1.82, 2.24) is 24.8 Å². The summed E-state index contributed by atoms with van der Waals surface area (Å²) in [6, 6.07) is 17.9. The number of hydrogen-bond donors (Lipinski definition) is 0. The molecule has 1 fully saturated rings. The highest BCUT2D eigenvalue weighted by Gasteiger charge is 2.30. The standard InChI is InChI=1S/C26H29N5O/c1-17-25(18(2)30(4)28-17)16-31(24-13-14-24)15-20-5-7-21(8-6-20)22-9-11-23(12-10-22)26-27-19(3)32-29-26/h5-12,24H,13-16H2,1-4H3. The summed E-state index contributed by atoms with van der Waals surface area (Å²) in [6.45, 7) is 8.02. The van der Waals surface area contributed by atoms with Crippen molar-refractivity contribution in [3.8, 4) is 22.5 Å². The molecule has 5 rings (SSSR count). The van der Waals surface area contributed by atoms with Gasteiger partial charge >= 0.3 is 0 Å². The zero-order valence-corrected chi connectivity index (χ0v) is 19.2. The van der Waals surface area contributed by atoms with Crippen molar-refractivity contribution in [2.75, 3.05) is 0 Å². The molecule has 0 bridgehead atoms. The van der Waals surface area contributed by atoms with Crippen LogP contribution >= 0.6 is 0 Å². The van der Waals surface area contributed by atoms with E-state index in [-0.39, 0.29) is 0 Å². The molecule has 0 unspecified atom stereocenters. The second-order valence-electron chi connectivity index (χ2n) is 8.82. The van der Waals surface area contributed by atoms with Gasteiger partial charge in [-0.25, -0.2) is 0 Å². The summed E-state index contributed by atoms with van der Waals surface area (Å²) in [5.74, 6) is 1.21. The van der Waals surface area contributed by atoms with Crippen LogP contribution < -0.4 is 0 Å². The van der Waals surface area contributed by atoms with E-state index in [2.05, 4.69) is 70.4 Å². The zero-order chi connectivity index (χ0) is 22.2. The monoisotopic (exact) mass is 427 g/mol. The summed E-state index contributed by atoms with van der Waals surface area (Å²) in [4.78, 5) is 6.90. The van der Waals surface area contributed by atoms with Crippen molar-refractivity contribution >= 4 is 0 Å². The van der Waals surface area contributed by atoms with Crippen LogP contribution in [0.2, 0.25) is 0 Å². The third-order valence-corrected chi connectivity index (χ3v) is 6.43. The Kier molecular flexibility index (Phi) is 5.39. The number of aryl methyl sites for hydroxylation is 3. The molecule has 1 aliphatic carbocycles. The Morgan fingerprint density at radius 1 is 0.906 bits per heavy atom. The average molecular weight is 428 g/mol. The minimum atomic E-state index is 0.578. The number of aromatic nitrogens is 4. The van der Waals surface area contributed by atoms with E-state index < -0.39 is 0 Å². The summed E-state index contributed by atoms with van der Waals surface area (Å²) in [5.41, 5.74) is 8.48. The SMILES string of the molecule is Cc1nc(-c2ccc(-c3ccc(CN(Cc4c(C)nn(C)c4C)C4CC4)cc3)cc2)no1. The molecule has 6 heteroatoms. The average Bonchev–Trinajstić information content (AvgIpc) is 3.51. The first kappa shape index (κ1) is 20.6. The summed E-state index contributed by atoms with van der Waals surface area (Å²) < 4.78 is 7.08. The summed E-state index contributed by atoms with van der Waals surface area (Å²) >= 11 is 0. The minimum absolute atomic E-state index is 0.578. The zero-order valence-electron chi connectivity index (χ0n) is 19.2. The molecule has 4 aromatic rings. The number of benzene rings is 2. The van der Waals surface area contributed by atoms with Crippen LogP contribution in [0.25, 0.3) is 22.5 Å². The molecule has 164 valence electrons. The Morgan fingerprint density at radius 2 is 1.53 bits per heavy atom. The van der Waals surface area contributed by atoms with E-state index >= 15 is 0 Å². The van der Waals surface area contributed by atoms with E-state index in [4.69, 9.17) is 4.52 Å². The summed E-state index contributed by atoms with van der Waals surface area (Å²) in [5, 5.41) is 8.59. The highest BCUT2D eigenvalue weighted by Crippen LogP contribution is 2.31. The Hall–Kier alpha value is -3.25. The molecule has 6 nitrogen and oxygen atoms in total. The lowest BCUT2D eigenvalue weighted by molar-refractivity contribution is 0.245. The second kappa shape index (κ2) is 8.36. The number of nitrogens with zero attached hydrogens (tertiary/aromatic N) is 5. The van der Waals surface area contributed by atoms with Gasteiger partial charge < -0.3 is 4.52 Å². The van der Waals surface area contributed by atoms with E-state index in [9.17, 15) is 0 Å². The van der Waals surface area contributed by atoms with Crippen molar-refractivity contribution in [2.24, 2.45) is 7.05 Å². The van der Waals surface area contributed by atoms with Gasteiger partial charge in [0, 0.05) is 49.9 Å². The lowest BCUT2D eigenvalue weighted by atomic mass is 10.0. The Bertz CT molecular complexity index is 1220.